The predicted octanol–water partition coefficient (Wildman–Crippen LogP) is 1.58. The zero-order valence-electron chi connectivity index (χ0n) is 9.49. The van der Waals surface area contributed by atoms with Gasteiger partial charge in [0, 0.05) is 12.7 Å². The summed E-state index contributed by atoms with van der Waals surface area (Å²) in [5.74, 6) is 0.164. The Kier molecular flexibility index (Phi) is 2.81. The molecule has 4 nitrogen and oxygen atoms in total. The summed E-state index contributed by atoms with van der Waals surface area (Å²) >= 11 is 0. The standard InChI is InChI=1S/C12H17N3O/c1-12(5-3-6-12)8-15-11(16)9-4-2-7-14-10(9)13/h2,4,7H,3,5-6,8H2,1H3,(H2,13,14)(H,15,16). The maximum absolute atomic E-state index is 11.8. The van der Waals surface area contributed by atoms with Crippen molar-refractivity contribution in [3.63, 3.8) is 0 Å². The third-order valence-electron chi connectivity index (χ3n) is 3.32. The Morgan fingerprint density at radius 3 is 2.94 bits per heavy atom. The van der Waals surface area contributed by atoms with Crippen LogP contribution in [0.4, 0.5) is 5.82 Å². The molecular weight excluding hydrogens is 202 g/mol. The number of carbonyl (C=O) groups is 1. The fourth-order valence-electron chi connectivity index (χ4n) is 1.96. The molecule has 86 valence electrons. The van der Waals surface area contributed by atoms with Crippen molar-refractivity contribution >= 4 is 11.7 Å². The average Bonchev–Trinajstić information content (AvgIpc) is 2.24. The molecule has 0 spiro atoms. The fourth-order valence-corrected chi connectivity index (χ4v) is 1.96. The van der Waals surface area contributed by atoms with Crippen molar-refractivity contribution in [2.45, 2.75) is 26.2 Å². The summed E-state index contributed by atoms with van der Waals surface area (Å²) in [6, 6.07) is 3.41. The van der Waals surface area contributed by atoms with Gasteiger partial charge in [0.1, 0.15) is 5.82 Å². The molecule has 1 aliphatic rings. The molecule has 0 radical (unpaired) electrons. The van der Waals surface area contributed by atoms with Gasteiger partial charge in [0.15, 0.2) is 0 Å². The van der Waals surface area contributed by atoms with Crippen LogP contribution < -0.4 is 11.1 Å². The zero-order chi connectivity index (χ0) is 11.6. The van der Waals surface area contributed by atoms with E-state index in [0.29, 0.717) is 11.4 Å². The van der Waals surface area contributed by atoms with E-state index in [1.165, 1.54) is 19.3 Å². The Balaban J connectivity index is 1.96. The maximum atomic E-state index is 11.8. The monoisotopic (exact) mass is 219 g/mol. The van der Waals surface area contributed by atoms with Crippen LogP contribution in [-0.2, 0) is 0 Å². The molecule has 0 bridgehead atoms. The van der Waals surface area contributed by atoms with Crippen molar-refractivity contribution in [3.8, 4) is 0 Å². The van der Waals surface area contributed by atoms with E-state index in [1.807, 2.05) is 0 Å². The minimum atomic E-state index is -0.126. The minimum Gasteiger partial charge on any atom is -0.383 e. The molecule has 4 heteroatoms. The lowest BCUT2D eigenvalue weighted by Gasteiger charge is -2.38. The second-order valence-electron chi connectivity index (χ2n) is 4.78. The number of aromatic nitrogens is 1. The number of nitrogens with zero attached hydrogens (tertiary/aromatic N) is 1. The number of pyridine rings is 1. The summed E-state index contributed by atoms with van der Waals surface area (Å²) < 4.78 is 0. The highest BCUT2D eigenvalue weighted by molar-refractivity contribution is 5.98. The van der Waals surface area contributed by atoms with Crippen molar-refractivity contribution in [1.82, 2.24) is 10.3 Å². The van der Waals surface area contributed by atoms with Crippen molar-refractivity contribution < 1.29 is 4.79 Å². The van der Waals surface area contributed by atoms with Gasteiger partial charge in [0.25, 0.3) is 5.91 Å². The highest BCUT2D eigenvalue weighted by Crippen LogP contribution is 2.39. The fraction of sp³-hybridized carbons (Fsp3) is 0.500. The van der Waals surface area contributed by atoms with Crippen LogP contribution in [0.2, 0.25) is 0 Å². The van der Waals surface area contributed by atoms with E-state index in [1.54, 1.807) is 18.3 Å². The van der Waals surface area contributed by atoms with Crippen LogP contribution in [0.3, 0.4) is 0 Å². The van der Waals surface area contributed by atoms with Gasteiger partial charge < -0.3 is 11.1 Å². The van der Waals surface area contributed by atoms with E-state index in [9.17, 15) is 4.79 Å². The lowest BCUT2D eigenvalue weighted by atomic mass is 9.70. The molecular formula is C12H17N3O. The number of anilines is 1. The first kappa shape index (κ1) is 10.9. The molecule has 1 heterocycles. The molecule has 1 saturated carbocycles. The van der Waals surface area contributed by atoms with Gasteiger partial charge in [-0.15, -0.1) is 0 Å². The third-order valence-corrected chi connectivity index (χ3v) is 3.32. The maximum Gasteiger partial charge on any atom is 0.255 e. The molecule has 1 amide bonds. The van der Waals surface area contributed by atoms with Crippen molar-refractivity contribution in [3.05, 3.63) is 23.9 Å². The van der Waals surface area contributed by atoms with Crippen LogP contribution in [0.25, 0.3) is 0 Å². The van der Waals surface area contributed by atoms with Gasteiger partial charge in [0.2, 0.25) is 0 Å². The molecule has 0 aromatic carbocycles. The molecule has 1 aliphatic carbocycles. The van der Waals surface area contributed by atoms with Crippen LogP contribution in [0.5, 0.6) is 0 Å². The second-order valence-corrected chi connectivity index (χ2v) is 4.78. The van der Waals surface area contributed by atoms with E-state index in [4.69, 9.17) is 5.73 Å². The van der Waals surface area contributed by atoms with Crippen molar-refractivity contribution in [2.75, 3.05) is 12.3 Å². The van der Waals surface area contributed by atoms with Gasteiger partial charge in [-0.1, -0.05) is 13.3 Å². The normalized spacial score (nSPS) is 17.6. The SMILES string of the molecule is CC1(CNC(=O)c2cccnc2N)CCC1. The molecule has 3 N–H and O–H groups in total. The van der Waals surface area contributed by atoms with E-state index < -0.39 is 0 Å². The highest BCUT2D eigenvalue weighted by Gasteiger charge is 2.32. The summed E-state index contributed by atoms with van der Waals surface area (Å²) in [7, 11) is 0. The number of carbonyl (C=O) groups excluding carboxylic acids is 1. The Bertz CT molecular complexity index is 399. The topological polar surface area (TPSA) is 68.0 Å². The molecule has 0 saturated heterocycles. The molecule has 1 aromatic heterocycles. The van der Waals surface area contributed by atoms with Gasteiger partial charge in [0.05, 0.1) is 5.56 Å². The Hall–Kier alpha value is -1.58. The van der Waals surface area contributed by atoms with Crippen molar-refractivity contribution in [2.24, 2.45) is 5.41 Å². The summed E-state index contributed by atoms with van der Waals surface area (Å²) in [6.07, 6.45) is 5.23. The zero-order valence-corrected chi connectivity index (χ0v) is 9.49. The Labute approximate surface area is 95.3 Å². The van der Waals surface area contributed by atoms with Crippen LogP contribution in [0.1, 0.15) is 36.5 Å². The van der Waals surface area contributed by atoms with Gasteiger partial charge >= 0.3 is 0 Å². The third kappa shape index (κ3) is 2.15. The molecule has 0 aliphatic heterocycles. The first-order valence-electron chi connectivity index (χ1n) is 5.59. The lowest BCUT2D eigenvalue weighted by Crippen LogP contribution is -2.40. The largest absolute Gasteiger partial charge is 0.383 e. The number of nitrogens with one attached hydrogen (secondary N) is 1. The molecule has 1 fully saturated rings. The second kappa shape index (κ2) is 4.12. The van der Waals surface area contributed by atoms with Crippen molar-refractivity contribution in [1.29, 1.82) is 0 Å². The van der Waals surface area contributed by atoms with Crippen LogP contribution >= 0.6 is 0 Å². The van der Waals surface area contributed by atoms with Crippen LogP contribution in [0, 0.1) is 5.41 Å². The first-order chi connectivity index (χ1) is 7.61. The average molecular weight is 219 g/mol. The van der Waals surface area contributed by atoms with E-state index in [0.717, 1.165) is 6.54 Å². The van der Waals surface area contributed by atoms with E-state index in [2.05, 4.69) is 17.2 Å². The van der Waals surface area contributed by atoms with Crippen LogP contribution in [0.15, 0.2) is 18.3 Å². The summed E-state index contributed by atoms with van der Waals surface area (Å²) in [5, 5.41) is 2.92. The van der Waals surface area contributed by atoms with E-state index in [-0.39, 0.29) is 11.3 Å². The van der Waals surface area contributed by atoms with Gasteiger partial charge in [-0.2, -0.15) is 0 Å². The number of rotatable bonds is 3. The first-order valence-corrected chi connectivity index (χ1v) is 5.59. The number of nitrogens with two attached hydrogens (primary N) is 1. The molecule has 16 heavy (non-hydrogen) atoms. The van der Waals surface area contributed by atoms with Crippen LogP contribution in [-0.4, -0.2) is 17.4 Å². The van der Waals surface area contributed by atoms with Gasteiger partial charge in [-0.05, 0) is 30.4 Å². The Morgan fingerprint density at radius 2 is 2.38 bits per heavy atom. The summed E-state index contributed by atoms with van der Waals surface area (Å²) in [6.45, 7) is 2.92. The molecule has 2 rings (SSSR count). The van der Waals surface area contributed by atoms with Gasteiger partial charge in [-0.3, -0.25) is 4.79 Å². The highest BCUT2D eigenvalue weighted by atomic mass is 16.1. The number of hydrogen-bond donors (Lipinski definition) is 2. The Morgan fingerprint density at radius 1 is 1.62 bits per heavy atom. The molecule has 0 unspecified atom stereocenters. The van der Waals surface area contributed by atoms with E-state index >= 15 is 0 Å². The lowest BCUT2D eigenvalue weighted by molar-refractivity contribution is 0.0891. The quantitative estimate of drug-likeness (QED) is 0.811. The predicted molar refractivity (Wildman–Crippen MR) is 62.9 cm³/mol. The minimum absolute atomic E-state index is 0.126. The molecule has 1 aromatic rings. The van der Waals surface area contributed by atoms with Gasteiger partial charge in [-0.25, -0.2) is 4.98 Å². The number of amides is 1. The summed E-state index contributed by atoms with van der Waals surface area (Å²) in [4.78, 5) is 15.7. The smallest absolute Gasteiger partial charge is 0.255 e. The number of nitrogen functional groups attached to an aromatic ring is 1. The summed E-state index contributed by atoms with van der Waals surface area (Å²) in [5.41, 5.74) is 6.38. The number of hydrogen-bond acceptors (Lipinski definition) is 3. The molecule has 0 atom stereocenters.